The van der Waals surface area contributed by atoms with Crippen LogP contribution in [0.3, 0.4) is 0 Å². The van der Waals surface area contributed by atoms with Crippen molar-refractivity contribution in [1.82, 2.24) is 4.90 Å². The van der Waals surface area contributed by atoms with Gasteiger partial charge in [0.25, 0.3) is 0 Å². The molecular weight excluding hydrogens is 278 g/mol. The van der Waals surface area contributed by atoms with Crippen LogP contribution in [-0.2, 0) is 16.6 Å². The minimum absolute atomic E-state index is 0.0424. The second kappa shape index (κ2) is 4.05. The molecule has 22 heavy (non-hydrogen) atoms. The third-order valence-electron chi connectivity index (χ3n) is 5.38. The molecule has 0 amide bonds. The lowest BCUT2D eigenvalue weighted by molar-refractivity contribution is -0.138. The number of likely N-dealkylation sites (N-methyl/N-ethyl adjacent to an activating group) is 1. The zero-order valence-corrected chi connectivity index (χ0v) is 12.1. The van der Waals surface area contributed by atoms with Crippen molar-refractivity contribution in [3.05, 3.63) is 23.2 Å². The quantitative estimate of drug-likeness (QED) is 0.795. The van der Waals surface area contributed by atoms with Gasteiger partial charge in [-0.05, 0) is 50.3 Å². The van der Waals surface area contributed by atoms with Gasteiger partial charge >= 0.3 is 0 Å². The van der Waals surface area contributed by atoms with E-state index in [1.807, 2.05) is 0 Å². The highest BCUT2D eigenvalue weighted by Gasteiger charge is 2.65. The summed E-state index contributed by atoms with van der Waals surface area (Å²) in [6.07, 6.45) is -5.89. The number of Topliss-reactive ketones (excluding diaryl/α,β-unsaturated/α-hetero) is 1. The lowest BCUT2D eigenvalue weighted by Gasteiger charge is -2.57. The molecule has 1 spiro atoms. The van der Waals surface area contributed by atoms with Gasteiger partial charge in [0.15, 0.2) is 23.4 Å². The molecule has 0 aromatic heterocycles. The first kappa shape index (κ1) is 6.91. The summed E-state index contributed by atoms with van der Waals surface area (Å²) in [4.78, 5) is 14.4. The Kier molecular flexibility index (Phi) is 1.27. The summed E-state index contributed by atoms with van der Waals surface area (Å²) in [5.74, 6) is -3.21. The Balaban J connectivity index is 1.92. The van der Waals surface area contributed by atoms with Crippen LogP contribution < -0.4 is 9.47 Å². The standard InChI is InChI=1S/C18H21NO3/c1-19-8-7-18-11-4-5-13(20)17(18)22-16-14(21-2)6-3-10(15(16)18)9-12(11)19/h3,6,11-12,17H,4-5,7-9H2,1-2H3/t11-,12+,17?,18-/m0/s1/i1D3,3D,5D2,6D,11D,17D. The monoisotopic (exact) mass is 308 g/mol. The molecule has 4 heteroatoms. The van der Waals surface area contributed by atoms with E-state index in [-0.39, 0.29) is 54.1 Å². The van der Waals surface area contributed by atoms with E-state index in [0.717, 1.165) is 4.90 Å². The molecule has 4 aliphatic rings. The van der Waals surface area contributed by atoms with Gasteiger partial charge in [-0.1, -0.05) is 6.04 Å². The molecular formula is C18H21NO3. The lowest BCUT2D eigenvalue weighted by atomic mass is 9.52. The van der Waals surface area contributed by atoms with Gasteiger partial charge in [0.05, 0.1) is 11.2 Å². The molecule has 0 N–H and O–H groups in total. The van der Waals surface area contributed by atoms with Crippen molar-refractivity contribution in [2.75, 3.05) is 20.6 Å². The molecule has 2 bridgehead atoms. The van der Waals surface area contributed by atoms with Gasteiger partial charge < -0.3 is 14.4 Å². The van der Waals surface area contributed by atoms with E-state index < -0.39 is 49.0 Å². The van der Waals surface area contributed by atoms with E-state index in [0.29, 0.717) is 0 Å². The van der Waals surface area contributed by atoms with Gasteiger partial charge in [0.1, 0.15) is 0 Å². The van der Waals surface area contributed by atoms with E-state index in [4.69, 9.17) is 20.4 Å². The van der Waals surface area contributed by atoms with Gasteiger partial charge in [-0.3, -0.25) is 4.79 Å². The molecule has 1 aromatic carbocycles. The number of rotatable bonds is 1. The van der Waals surface area contributed by atoms with Crippen LogP contribution in [0.1, 0.15) is 42.7 Å². The van der Waals surface area contributed by atoms with Crippen molar-refractivity contribution in [3.63, 3.8) is 0 Å². The Bertz CT molecular complexity index is 1040. The summed E-state index contributed by atoms with van der Waals surface area (Å²) in [5, 5.41) is 0. The molecule has 116 valence electrons. The Morgan fingerprint density at radius 2 is 2.55 bits per heavy atom. The van der Waals surface area contributed by atoms with Crippen LogP contribution in [-0.4, -0.2) is 43.4 Å². The van der Waals surface area contributed by atoms with Crippen molar-refractivity contribution in [2.45, 2.75) is 43.2 Å². The number of likely N-dealkylation sites (tertiary alicyclic amines) is 1. The summed E-state index contributed by atoms with van der Waals surface area (Å²) < 4.78 is 87.1. The molecule has 5 rings (SSSR count). The Hall–Kier alpha value is -1.55. The number of ketones is 1. The minimum atomic E-state index is -2.59. The molecule has 2 aliphatic heterocycles. The third kappa shape index (κ3) is 1.27. The van der Waals surface area contributed by atoms with E-state index in [1.54, 1.807) is 0 Å². The molecule has 2 aliphatic carbocycles. The highest BCUT2D eigenvalue weighted by atomic mass is 16.5. The number of piperidine rings is 1. The summed E-state index contributed by atoms with van der Waals surface area (Å²) in [7, 11) is 1.27. The first-order valence-corrected chi connectivity index (χ1v) is 7.38. The Labute approximate surface area is 143 Å². The van der Waals surface area contributed by atoms with Gasteiger partial charge in [-0.25, -0.2) is 0 Å². The maximum Gasteiger partial charge on any atom is 0.174 e. The number of carbonyl (C=O) groups is 1. The fraction of sp³-hybridized carbons (Fsp3) is 0.611. The van der Waals surface area contributed by atoms with Crippen molar-refractivity contribution in [3.8, 4) is 11.5 Å². The van der Waals surface area contributed by atoms with Crippen LogP contribution in [0, 0.1) is 5.89 Å². The molecule has 2 heterocycles. The average Bonchev–Trinajstić information content (AvgIpc) is 2.89. The fourth-order valence-corrected chi connectivity index (χ4v) is 4.46. The maximum absolute atomic E-state index is 13.3. The number of carbonyl (C=O) groups excluding carboxylic acids is 1. The van der Waals surface area contributed by atoms with E-state index in [2.05, 4.69) is 0 Å². The van der Waals surface area contributed by atoms with E-state index in [1.165, 1.54) is 7.11 Å². The number of nitrogens with zero attached hydrogens (tertiary/aromatic N) is 1. The predicted octanol–water partition coefficient (Wildman–Crippen LogP) is 1.93. The predicted molar refractivity (Wildman–Crippen MR) is 81.6 cm³/mol. The van der Waals surface area contributed by atoms with Crippen molar-refractivity contribution in [2.24, 2.45) is 5.89 Å². The second-order valence-electron chi connectivity index (χ2n) is 6.17. The summed E-state index contributed by atoms with van der Waals surface area (Å²) in [5.41, 5.74) is -1.14. The zero-order valence-electron chi connectivity index (χ0n) is 21.1. The van der Waals surface area contributed by atoms with Crippen LogP contribution in [0.4, 0.5) is 0 Å². The maximum atomic E-state index is 13.3. The SMILES string of the molecule is [2H]c1c([2H])c(OC)c2c3c1C[C@H]1N(C([2H])([2H])[2H])CC[C@@]34C([2H])(O2)C(=O)C([2H])([2H])C[C@@]14[2H]. The number of ether oxygens (including phenoxy) is 2. The molecule has 0 radical (unpaired) electrons. The zero-order chi connectivity index (χ0) is 22.9. The normalized spacial score (nSPS) is 54.0. The molecule has 1 aromatic rings. The molecule has 1 saturated heterocycles. The van der Waals surface area contributed by atoms with Crippen molar-refractivity contribution < 1.29 is 26.6 Å². The van der Waals surface area contributed by atoms with Crippen LogP contribution in [0.2, 0.25) is 0 Å². The number of methoxy groups -OCH3 is 1. The Morgan fingerprint density at radius 1 is 1.64 bits per heavy atom. The molecule has 1 saturated carbocycles. The van der Waals surface area contributed by atoms with E-state index >= 15 is 0 Å². The second-order valence-corrected chi connectivity index (χ2v) is 6.17. The van der Waals surface area contributed by atoms with Gasteiger partial charge in [0, 0.05) is 31.6 Å². The van der Waals surface area contributed by atoms with Gasteiger partial charge in [-0.15, -0.1) is 0 Å². The number of hydrogen-bond acceptors (Lipinski definition) is 4. The lowest BCUT2D eigenvalue weighted by Crippen LogP contribution is -2.65. The van der Waals surface area contributed by atoms with Gasteiger partial charge in [0.2, 0.25) is 0 Å². The first-order chi connectivity index (χ1) is 14.2. The van der Waals surface area contributed by atoms with Crippen molar-refractivity contribution >= 4 is 5.78 Å². The highest BCUT2D eigenvalue weighted by molar-refractivity contribution is 5.89. The topological polar surface area (TPSA) is 38.8 Å². The summed E-state index contributed by atoms with van der Waals surface area (Å²) in [6.45, 7) is -2.63. The molecule has 2 fully saturated rings. The van der Waals surface area contributed by atoms with E-state index in [9.17, 15) is 6.17 Å². The van der Waals surface area contributed by atoms with Crippen LogP contribution in [0.15, 0.2) is 12.1 Å². The first-order valence-electron chi connectivity index (χ1n) is 11.9. The van der Waals surface area contributed by atoms with Gasteiger partial charge in [-0.2, -0.15) is 0 Å². The van der Waals surface area contributed by atoms with Crippen LogP contribution in [0.5, 0.6) is 11.5 Å². The summed E-state index contributed by atoms with van der Waals surface area (Å²) >= 11 is 0. The number of benzene rings is 1. The molecule has 1 unspecified atom stereocenters. The smallest absolute Gasteiger partial charge is 0.174 e. The fourth-order valence-electron chi connectivity index (χ4n) is 4.46. The molecule has 4 nitrogen and oxygen atoms in total. The largest absolute Gasteiger partial charge is 0.493 e. The average molecular weight is 308 g/mol. The Morgan fingerprint density at radius 3 is 3.36 bits per heavy atom. The number of hydrogen-bond donors (Lipinski definition) is 0. The highest BCUT2D eigenvalue weighted by Crippen LogP contribution is 2.62. The third-order valence-corrected chi connectivity index (χ3v) is 5.38. The van der Waals surface area contributed by atoms with Crippen LogP contribution in [0.25, 0.3) is 0 Å². The van der Waals surface area contributed by atoms with Crippen molar-refractivity contribution in [1.29, 1.82) is 0 Å². The summed E-state index contributed by atoms with van der Waals surface area (Å²) in [6, 6.07) is -1.62. The molecule has 4 atom stereocenters. The minimum Gasteiger partial charge on any atom is -0.493 e. The van der Waals surface area contributed by atoms with Crippen LogP contribution >= 0.6 is 0 Å².